The number of carbonyl (C=O) groups excluding carboxylic acids is 1. The van der Waals surface area contributed by atoms with Crippen LogP contribution >= 0.6 is 35.3 Å². The van der Waals surface area contributed by atoms with Crippen LogP contribution in [0.1, 0.15) is 11.1 Å². The minimum atomic E-state index is 0. The monoisotopic (exact) mass is 453 g/mol. The fraction of sp³-hybridized carbons (Fsp3) is 0.333. The second-order valence-corrected chi connectivity index (χ2v) is 8.30. The van der Waals surface area contributed by atoms with E-state index in [0.717, 1.165) is 33.6 Å². The Hall–Kier alpha value is -1.86. The number of ether oxygens (including phenoxy) is 1. The summed E-state index contributed by atoms with van der Waals surface area (Å²) in [7, 11) is 5.61. The van der Waals surface area contributed by atoms with Crippen molar-refractivity contribution in [2.75, 3.05) is 39.2 Å². The van der Waals surface area contributed by atoms with E-state index in [-0.39, 0.29) is 18.3 Å². The van der Waals surface area contributed by atoms with Crippen molar-refractivity contribution >= 4 is 56.6 Å². The molecule has 3 aromatic rings. The van der Waals surface area contributed by atoms with Gasteiger partial charge in [0, 0.05) is 13.1 Å². The SMILES string of the molecule is COc1ccc(CC(=O)N(CCN(C)C)c2nc3c(C)ccc(Cl)c3s2)cc1.Cl. The van der Waals surface area contributed by atoms with E-state index in [2.05, 4.69) is 4.90 Å². The third-order valence-electron chi connectivity index (χ3n) is 4.50. The average molecular weight is 454 g/mol. The lowest BCUT2D eigenvalue weighted by atomic mass is 10.1. The number of aromatic nitrogens is 1. The van der Waals surface area contributed by atoms with Gasteiger partial charge in [0.1, 0.15) is 5.75 Å². The van der Waals surface area contributed by atoms with Crippen molar-refractivity contribution in [2.45, 2.75) is 13.3 Å². The average Bonchev–Trinajstić information content (AvgIpc) is 3.12. The molecule has 0 unspecified atom stereocenters. The number of thiazole rings is 1. The first-order chi connectivity index (χ1) is 13.4. The fourth-order valence-corrected chi connectivity index (χ4v) is 4.21. The first-order valence-electron chi connectivity index (χ1n) is 9.02. The van der Waals surface area contributed by atoms with Gasteiger partial charge in [-0.1, -0.05) is 41.1 Å². The molecule has 2 aromatic carbocycles. The number of amides is 1. The molecule has 0 fully saturated rings. The molecule has 0 atom stereocenters. The molecule has 0 spiro atoms. The molecule has 1 heterocycles. The Morgan fingerprint density at radius 2 is 1.83 bits per heavy atom. The molecule has 1 aromatic heterocycles. The summed E-state index contributed by atoms with van der Waals surface area (Å²) < 4.78 is 6.11. The second-order valence-electron chi connectivity index (χ2n) is 6.91. The molecule has 0 N–H and O–H groups in total. The molecule has 1 amide bonds. The number of likely N-dealkylation sites (N-methyl/N-ethyl adjacent to an activating group) is 1. The van der Waals surface area contributed by atoms with Gasteiger partial charge in [0.15, 0.2) is 5.13 Å². The number of benzene rings is 2. The zero-order valence-electron chi connectivity index (χ0n) is 16.9. The highest BCUT2D eigenvalue weighted by molar-refractivity contribution is 7.23. The van der Waals surface area contributed by atoms with E-state index in [0.29, 0.717) is 23.1 Å². The van der Waals surface area contributed by atoms with Gasteiger partial charge in [-0.15, -0.1) is 12.4 Å². The number of fused-ring (bicyclic) bond motifs is 1. The quantitative estimate of drug-likeness (QED) is 0.513. The Balaban J connectivity index is 0.00000300. The number of nitrogens with zero attached hydrogens (tertiary/aromatic N) is 3. The highest BCUT2D eigenvalue weighted by atomic mass is 35.5. The lowest BCUT2D eigenvalue weighted by Gasteiger charge is -2.22. The van der Waals surface area contributed by atoms with Gasteiger partial charge in [-0.2, -0.15) is 0 Å². The summed E-state index contributed by atoms with van der Waals surface area (Å²) >= 11 is 7.83. The highest BCUT2D eigenvalue weighted by Crippen LogP contribution is 2.35. The molecule has 0 bridgehead atoms. The number of hydrogen-bond donors (Lipinski definition) is 0. The van der Waals surface area contributed by atoms with Crippen molar-refractivity contribution in [1.82, 2.24) is 9.88 Å². The Bertz CT molecular complexity index is 935. The van der Waals surface area contributed by atoms with Gasteiger partial charge in [-0.3, -0.25) is 9.69 Å². The van der Waals surface area contributed by atoms with Gasteiger partial charge in [-0.25, -0.2) is 4.98 Å². The summed E-state index contributed by atoms with van der Waals surface area (Å²) in [5.74, 6) is 0.789. The molecule has 0 radical (unpaired) electrons. The zero-order chi connectivity index (χ0) is 20.3. The first-order valence-corrected chi connectivity index (χ1v) is 10.2. The van der Waals surface area contributed by atoms with E-state index in [1.165, 1.54) is 11.3 Å². The summed E-state index contributed by atoms with van der Waals surface area (Å²) in [6.45, 7) is 3.32. The van der Waals surface area contributed by atoms with E-state index in [1.807, 2.05) is 57.4 Å². The summed E-state index contributed by atoms with van der Waals surface area (Å²) in [6.07, 6.45) is 0.306. The minimum absolute atomic E-state index is 0. The van der Waals surface area contributed by atoms with Gasteiger partial charge in [0.05, 0.1) is 28.8 Å². The summed E-state index contributed by atoms with van der Waals surface area (Å²) in [4.78, 5) is 21.7. The molecular formula is C21H25Cl2N3O2S. The number of carbonyl (C=O) groups is 1. The van der Waals surface area contributed by atoms with E-state index in [1.54, 1.807) is 12.0 Å². The molecule has 0 saturated heterocycles. The lowest BCUT2D eigenvalue weighted by Crippen LogP contribution is -2.37. The zero-order valence-corrected chi connectivity index (χ0v) is 19.3. The number of aryl methyl sites for hydroxylation is 1. The predicted molar refractivity (Wildman–Crippen MR) is 124 cm³/mol. The van der Waals surface area contributed by atoms with Gasteiger partial charge in [-0.05, 0) is 50.3 Å². The number of hydrogen-bond acceptors (Lipinski definition) is 5. The minimum Gasteiger partial charge on any atom is -0.497 e. The van der Waals surface area contributed by atoms with Crippen LogP contribution in [0.25, 0.3) is 10.2 Å². The van der Waals surface area contributed by atoms with Crippen molar-refractivity contribution in [2.24, 2.45) is 0 Å². The van der Waals surface area contributed by atoms with Crippen LogP contribution in [0.4, 0.5) is 5.13 Å². The predicted octanol–water partition coefficient (Wildman–Crippen LogP) is 4.83. The van der Waals surface area contributed by atoms with E-state index < -0.39 is 0 Å². The van der Waals surface area contributed by atoms with Crippen LogP contribution in [0.2, 0.25) is 5.02 Å². The molecule has 156 valence electrons. The third-order valence-corrected chi connectivity index (χ3v) is 6.04. The molecule has 0 aliphatic rings. The van der Waals surface area contributed by atoms with Crippen molar-refractivity contribution in [1.29, 1.82) is 0 Å². The molecule has 0 saturated carbocycles. The van der Waals surface area contributed by atoms with Crippen molar-refractivity contribution in [3.8, 4) is 5.75 Å². The van der Waals surface area contributed by atoms with Crippen molar-refractivity contribution in [3.63, 3.8) is 0 Å². The lowest BCUT2D eigenvalue weighted by molar-refractivity contribution is -0.118. The maximum absolute atomic E-state index is 13.1. The van der Waals surface area contributed by atoms with Gasteiger partial charge in [0.2, 0.25) is 5.91 Å². The third kappa shape index (κ3) is 5.60. The second kappa shape index (κ2) is 10.3. The molecule has 0 aliphatic carbocycles. The van der Waals surface area contributed by atoms with Gasteiger partial charge >= 0.3 is 0 Å². The molecule has 3 rings (SSSR count). The Labute approximate surface area is 186 Å². The van der Waals surface area contributed by atoms with Crippen LogP contribution in [0.5, 0.6) is 5.75 Å². The number of anilines is 1. The van der Waals surface area contributed by atoms with Crippen LogP contribution in [-0.4, -0.2) is 50.1 Å². The van der Waals surface area contributed by atoms with Crippen LogP contribution < -0.4 is 9.64 Å². The number of methoxy groups -OCH3 is 1. The van der Waals surface area contributed by atoms with E-state index in [4.69, 9.17) is 21.3 Å². The van der Waals surface area contributed by atoms with Crippen LogP contribution in [0.3, 0.4) is 0 Å². The Morgan fingerprint density at radius 1 is 1.14 bits per heavy atom. The molecular weight excluding hydrogens is 429 g/mol. The molecule has 8 heteroatoms. The summed E-state index contributed by atoms with van der Waals surface area (Å²) in [5.41, 5.74) is 2.85. The van der Waals surface area contributed by atoms with Crippen LogP contribution in [0, 0.1) is 6.92 Å². The molecule has 0 aliphatic heterocycles. The standard InChI is InChI=1S/C21H24ClN3O2S.ClH/c1-14-5-10-17(22)20-19(14)23-21(28-20)25(12-11-24(2)3)18(26)13-15-6-8-16(27-4)9-7-15;/h5-10H,11-13H2,1-4H3;1H. The van der Waals surface area contributed by atoms with Crippen molar-refractivity contribution < 1.29 is 9.53 Å². The summed E-state index contributed by atoms with van der Waals surface area (Å²) in [6, 6.07) is 11.4. The maximum atomic E-state index is 13.1. The number of rotatable bonds is 7. The van der Waals surface area contributed by atoms with Crippen molar-refractivity contribution in [3.05, 3.63) is 52.5 Å². The van der Waals surface area contributed by atoms with Crippen LogP contribution in [0.15, 0.2) is 36.4 Å². The first kappa shape index (κ1) is 23.4. The largest absolute Gasteiger partial charge is 0.497 e. The smallest absolute Gasteiger partial charge is 0.233 e. The van der Waals surface area contributed by atoms with Crippen LogP contribution in [-0.2, 0) is 11.2 Å². The summed E-state index contributed by atoms with van der Waals surface area (Å²) in [5, 5.41) is 1.35. The fourth-order valence-electron chi connectivity index (χ4n) is 2.85. The topological polar surface area (TPSA) is 45.7 Å². The normalized spacial score (nSPS) is 10.8. The molecule has 29 heavy (non-hydrogen) atoms. The Kier molecular flexibility index (Phi) is 8.28. The van der Waals surface area contributed by atoms with E-state index >= 15 is 0 Å². The highest BCUT2D eigenvalue weighted by Gasteiger charge is 2.21. The van der Waals surface area contributed by atoms with Gasteiger partial charge < -0.3 is 9.64 Å². The van der Waals surface area contributed by atoms with E-state index in [9.17, 15) is 4.79 Å². The number of halogens is 2. The molecule has 5 nitrogen and oxygen atoms in total. The Morgan fingerprint density at radius 3 is 2.41 bits per heavy atom. The van der Waals surface area contributed by atoms with Gasteiger partial charge in [0.25, 0.3) is 0 Å². The maximum Gasteiger partial charge on any atom is 0.233 e.